The molecule has 1 aromatic carbocycles. The van der Waals surface area contributed by atoms with E-state index in [-0.39, 0.29) is 11.7 Å². The second kappa shape index (κ2) is 3.57. The quantitative estimate of drug-likeness (QED) is 0.488. The molecule has 0 radical (unpaired) electrons. The van der Waals surface area contributed by atoms with Crippen molar-refractivity contribution in [3.63, 3.8) is 0 Å². The van der Waals surface area contributed by atoms with E-state index < -0.39 is 5.41 Å². The van der Waals surface area contributed by atoms with Crippen LogP contribution in [-0.2, 0) is 10.2 Å². The molecule has 1 aliphatic carbocycles. The van der Waals surface area contributed by atoms with Gasteiger partial charge in [-0.15, -0.1) is 0 Å². The molecule has 15 heavy (non-hydrogen) atoms. The molecule has 0 unspecified atom stereocenters. The number of hydrazine groups is 1. The number of carbonyl (C=O) groups excluding carboxylic acids is 1. The van der Waals surface area contributed by atoms with Gasteiger partial charge < -0.3 is 0 Å². The van der Waals surface area contributed by atoms with E-state index in [0.717, 1.165) is 4.47 Å². The van der Waals surface area contributed by atoms with Crippen LogP contribution in [0.2, 0.25) is 0 Å². The molecule has 3 nitrogen and oxygen atoms in total. The number of hydrogen-bond donors (Lipinski definition) is 2. The van der Waals surface area contributed by atoms with Crippen molar-refractivity contribution >= 4 is 21.8 Å². The average molecular weight is 273 g/mol. The Morgan fingerprint density at radius 3 is 2.73 bits per heavy atom. The van der Waals surface area contributed by atoms with E-state index in [9.17, 15) is 9.18 Å². The van der Waals surface area contributed by atoms with Crippen LogP contribution in [0, 0.1) is 5.82 Å². The van der Waals surface area contributed by atoms with Gasteiger partial charge in [-0.05, 0) is 31.0 Å². The van der Waals surface area contributed by atoms with Crippen LogP contribution in [0.5, 0.6) is 0 Å². The smallest absolute Gasteiger partial charge is 0.244 e. The van der Waals surface area contributed by atoms with Crippen LogP contribution in [0.15, 0.2) is 22.7 Å². The molecule has 1 fully saturated rings. The zero-order valence-corrected chi connectivity index (χ0v) is 9.47. The van der Waals surface area contributed by atoms with Crippen LogP contribution < -0.4 is 11.3 Å². The summed E-state index contributed by atoms with van der Waals surface area (Å²) < 4.78 is 14.3. The highest BCUT2D eigenvalue weighted by Gasteiger charge is 2.52. The third-order valence-corrected chi connectivity index (χ3v) is 3.25. The highest BCUT2D eigenvalue weighted by Crippen LogP contribution is 2.49. The van der Waals surface area contributed by atoms with Gasteiger partial charge in [-0.1, -0.05) is 15.9 Å². The van der Waals surface area contributed by atoms with Crippen molar-refractivity contribution in [2.45, 2.75) is 18.3 Å². The molecule has 0 heterocycles. The maximum atomic E-state index is 13.6. The first-order valence-corrected chi connectivity index (χ1v) is 5.36. The fraction of sp³-hybridized carbons (Fsp3) is 0.300. The lowest BCUT2D eigenvalue weighted by atomic mass is 9.95. The molecule has 1 amide bonds. The van der Waals surface area contributed by atoms with Gasteiger partial charge in [-0.3, -0.25) is 10.2 Å². The molecule has 1 aromatic rings. The Kier molecular flexibility index (Phi) is 2.52. The Bertz CT molecular complexity index is 418. The highest BCUT2D eigenvalue weighted by atomic mass is 79.9. The minimum absolute atomic E-state index is 0.320. The van der Waals surface area contributed by atoms with Crippen molar-refractivity contribution in [1.82, 2.24) is 5.43 Å². The zero-order valence-electron chi connectivity index (χ0n) is 7.89. The zero-order chi connectivity index (χ0) is 11.1. The van der Waals surface area contributed by atoms with Gasteiger partial charge in [0.15, 0.2) is 0 Å². The SMILES string of the molecule is NNC(=O)C1(c2cc(Br)ccc2F)CC1. The molecule has 1 saturated carbocycles. The van der Waals surface area contributed by atoms with Gasteiger partial charge in [-0.2, -0.15) is 0 Å². The third-order valence-electron chi connectivity index (χ3n) is 2.76. The Hall–Kier alpha value is -0.940. The number of hydrogen-bond acceptors (Lipinski definition) is 2. The maximum absolute atomic E-state index is 13.6. The number of amides is 1. The van der Waals surface area contributed by atoms with Gasteiger partial charge in [-0.25, -0.2) is 10.2 Å². The predicted molar refractivity (Wildman–Crippen MR) is 57.3 cm³/mol. The number of carbonyl (C=O) groups is 1. The van der Waals surface area contributed by atoms with Crippen molar-refractivity contribution < 1.29 is 9.18 Å². The molecule has 0 spiro atoms. The minimum Gasteiger partial charge on any atom is -0.293 e. The summed E-state index contributed by atoms with van der Waals surface area (Å²) in [5, 5.41) is 0. The second-order valence-corrected chi connectivity index (χ2v) is 4.60. The molecule has 0 aromatic heterocycles. The summed E-state index contributed by atoms with van der Waals surface area (Å²) >= 11 is 3.26. The summed E-state index contributed by atoms with van der Waals surface area (Å²) in [5.41, 5.74) is 1.76. The number of rotatable bonds is 2. The van der Waals surface area contributed by atoms with E-state index in [4.69, 9.17) is 5.84 Å². The molecule has 2 rings (SSSR count). The maximum Gasteiger partial charge on any atom is 0.244 e. The Morgan fingerprint density at radius 2 is 2.20 bits per heavy atom. The average Bonchev–Trinajstić information content (AvgIpc) is 3.01. The first-order valence-electron chi connectivity index (χ1n) is 4.57. The van der Waals surface area contributed by atoms with Crippen molar-refractivity contribution in [3.05, 3.63) is 34.1 Å². The van der Waals surface area contributed by atoms with Gasteiger partial charge in [0.1, 0.15) is 5.82 Å². The van der Waals surface area contributed by atoms with Gasteiger partial charge >= 0.3 is 0 Å². The van der Waals surface area contributed by atoms with Crippen molar-refractivity contribution in [3.8, 4) is 0 Å². The standard InChI is InChI=1S/C10H10BrFN2O/c11-6-1-2-8(12)7(5-6)10(3-4-10)9(15)14-13/h1-2,5H,3-4,13H2,(H,14,15). The summed E-state index contributed by atoms with van der Waals surface area (Å²) in [5.74, 6) is 4.41. The molecule has 80 valence electrons. The van der Waals surface area contributed by atoms with Gasteiger partial charge in [0.05, 0.1) is 5.41 Å². The Morgan fingerprint density at radius 1 is 1.53 bits per heavy atom. The van der Waals surface area contributed by atoms with Crippen LogP contribution >= 0.6 is 15.9 Å². The van der Waals surface area contributed by atoms with Crippen molar-refractivity contribution in [1.29, 1.82) is 0 Å². The summed E-state index contributed by atoms with van der Waals surface area (Å²) in [6, 6.07) is 4.59. The van der Waals surface area contributed by atoms with Gasteiger partial charge in [0.2, 0.25) is 5.91 Å². The molecule has 0 atom stereocenters. The topological polar surface area (TPSA) is 55.1 Å². The van der Waals surface area contributed by atoms with Crippen LogP contribution in [0.3, 0.4) is 0 Å². The lowest BCUT2D eigenvalue weighted by Crippen LogP contribution is -2.39. The molecular weight excluding hydrogens is 263 g/mol. The summed E-state index contributed by atoms with van der Waals surface area (Å²) in [6.07, 6.45) is 1.28. The largest absolute Gasteiger partial charge is 0.293 e. The molecule has 1 aliphatic rings. The first-order chi connectivity index (χ1) is 7.10. The molecule has 5 heteroatoms. The lowest BCUT2D eigenvalue weighted by Gasteiger charge is -2.14. The normalized spacial score (nSPS) is 17.3. The van der Waals surface area contributed by atoms with Crippen LogP contribution in [0.4, 0.5) is 4.39 Å². The van der Waals surface area contributed by atoms with E-state index in [1.165, 1.54) is 6.07 Å². The van der Waals surface area contributed by atoms with E-state index >= 15 is 0 Å². The van der Waals surface area contributed by atoms with Crippen LogP contribution in [-0.4, -0.2) is 5.91 Å². The number of halogens is 2. The minimum atomic E-state index is -0.747. The van der Waals surface area contributed by atoms with E-state index in [2.05, 4.69) is 21.4 Å². The number of nitrogens with one attached hydrogen (secondary N) is 1. The lowest BCUT2D eigenvalue weighted by molar-refractivity contribution is -0.123. The number of nitrogens with two attached hydrogens (primary N) is 1. The van der Waals surface area contributed by atoms with Crippen molar-refractivity contribution in [2.24, 2.45) is 5.84 Å². The van der Waals surface area contributed by atoms with E-state index in [0.29, 0.717) is 18.4 Å². The molecular formula is C10H10BrFN2O. The second-order valence-electron chi connectivity index (χ2n) is 3.68. The fourth-order valence-electron chi connectivity index (χ4n) is 1.75. The monoisotopic (exact) mass is 272 g/mol. The molecule has 3 N–H and O–H groups in total. The highest BCUT2D eigenvalue weighted by molar-refractivity contribution is 9.10. The van der Waals surface area contributed by atoms with Gasteiger partial charge in [0.25, 0.3) is 0 Å². The van der Waals surface area contributed by atoms with Crippen LogP contribution in [0.25, 0.3) is 0 Å². The fourth-order valence-corrected chi connectivity index (χ4v) is 2.11. The third kappa shape index (κ3) is 1.66. The molecule has 0 bridgehead atoms. The first kappa shape index (κ1) is 10.6. The summed E-state index contributed by atoms with van der Waals surface area (Å²) in [6.45, 7) is 0. The van der Waals surface area contributed by atoms with Gasteiger partial charge in [0, 0.05) is 10.0 Å². The molecule has 0 saturated heterocycles. The Labute approximate surface area is 94.9 Å². The van der Waals surface area contributed by atoms with E-state index in [1.54, 1.807) is 12.1 Å². The molecule has 0 aliphatic heterocycles. The van der Waals surface area contributed by atoms with Crippen LogP contribution in [0.1, 0.15) is 18.4 Å². The number of benzene rings is 1. The van der Waals surface area contributed by atoms with E-state index in [1.807, 2.05) is 0 Å². The predicted octanol–water partition coefficient (Wildman–Crippen LogP) is 1.61. The summed E-state index contributed by atoms with van der Waals surface area (Å²) in [4.78, 5) is 11.5. The van der Waals surface area contributed by atoms with Crippen molar-refractivity contribution in [2.75, 3.05) is 0 Å². The summed E-state index contributed by atoms with van der Waals surface area (Å²) in [7, 11) is 0. The Balaban J connectivity index is 2.45.